The Bertz CT molecular complexity index is 1050. The van der Waals surface area contributed by atoms with Gasteiger partial charge in [0.05, 0.1) is 23.2 Å². The molecule has 3 N–H and O–H groups in total. The van der Waals surface area contributed by atoms with Crippen LogP contribution in [0.5, 0.6) is 0 Å². The summed E-state index contributed by atoms with van der Waals surface area (Å²) in [7, 11) is -3.78. The maximum absolute atomic E-state index is 12.8. The van der Waals surface area contributed by atoms with Crippen LogP contribution in [0.3, 0.4) is 0 Å². The molecule has 1 aliphatic carbocycles. The van der Waals surface area contributed by atoms with Crippen LogP contribution >= 0.6 is 0 Å². The monoisotopic (exact) mass is 471 g/mol. The summed E-state index contributed by atoms with van der Waals surface area (Å²) in [5, 5.41) is 7.49. The summed E-state index contributed by atoms with van der Waals surface area (Å²) < 4.78 is 63.5. The van der Waals surface area contributed by atoms with Gasteiger partial charge >= 0.3 is 6.18 Å². The fourth-order valence-electron chi connectivity index (χ4n) is 3.71. The number of nitrogen functional groups attached to an aromatic ring is 1. The molecule has 0 unspecified atom stereocenters. The molecule has 0 atom stereocenters. The van der Waals surface area contributed by atoms with Crippen molar-refractivity contribution < 1.29 is 21.6 Å². The molecule has 0 spiro atoms. The van der Waals surface area contributed by atoms with E-state index in [0.29, 0.717) is 11.6 Å². The third-order valence-corrected chi connectivity index (χ3v) is 5.95. The summed E-state index contributed by atoms with van der Waals surface area (Å²) in [6, 6.07) is 5.22. The van der Waals surface area contributed by atoms with Gasteiger partial charge in [0.2, 0.25) is 10.0 Å². The van der Waals surface area contributed by atoms with Crippen LogP contribution in [-0.4, -0.2) is 48.9 Å². The summed E-state index contributed by atoms with van der Waals surface area (Å²) in [4.78, 5) is 2.67. The highest BCUT2D eigenvalue weighted by atomic mass is 32.2. The largest absolute Gasteiger partial charge is 0.416 e. The van der Waals surface area contributed by atoms with Gasteiger partial charge in [0, 0.05) is 11.6 Å². The third-order valence-electron chi connectivity index (χ3n) is 5.35. The van der Waals surface area contributed by atoms with Crippen LogP contribution in [-0.2, 0) is 16.2 Å². The van der Waals surface area contributed by atoms with Crippen molar-refractivity contribution in [2.24, 2.45) is 0 Å². The molecule has 4 rings (SSSR count). The van der Waals surface area contributed by atoms with Gasteiger partial charge in [0.1, 0.15) is 5.82 Å². The Morgan fingerprint density at radius 3 is 2.28 bits per heavy atom. The first-order valence-electron chi connectivity index (χ1n) is 10.5. The number of nitrogens with two attached hydrogens (primary N) is 1. The van der Waals surface area contributed by atoms with Crippen LogP contribution in [0.25, 0.3) is 11.3 Å². The topological polar surface area (TPSA) is 101 Å². The zero-order valence-electron chi connectivity index (χ0n) is 18.1. The summed E-state index contributed by atoms with van der Waals surface area (Å²) in [5.41, 5.74) is 5.24. The Hall–Kier alpha value is -2.40. The predicted molar refractivity (Wildman–Crippen MR) is 119 cm³/mol. The molecular weight excluding hydrogens is 443 g/mol. The van der Waals surface area contributed by atoms with Gasteiger partial charge in [-0.2, -0.15) is 13.2 Å². The molecule has 1 aromatic carbocycles. The molecule has 1 aromatic heterocycles. The number of aryl methyl sites for hydroxylation is 1. The van der Waals surface area contributed by atoms with Gasteiger partial charge in [-0.15, -0.1) is 10.2 Å². The van der Waals surface area contributed by atoms with Crippen LogP contribution in [0.4, 0.5) is 24.7 Å². The van der Waals surface area contributed by atoms with Gasteiger partial charge in [0.25, 0.3) is 0 Å². The molecule has 2 fully saturated rings. The maximum Gasteiger partial charge on any atom is 0.416 e. The number of nitrogens with zero attached hydrogens (tertiary/aromatic N) is 3. The van der Waals surface area contributed by atoms with Gasteiger partial charge in [-0.3, -0.25) is 4.72 Å². The number of hydrogen-bond acceptors (Lipinski definition) is 6. The molecule has 7 nitrogen and oxygen atoms in total. The normalized spacial score (nSPS) is 17.4. The van der Waals surface area contributed by atoms with Crippen LogP contribution in [0.1, 0.15) is 43.2 Å². The van der Waals surface area contributed by atoms with Crippen molar-refractivity contribution in [3.63, 3.8) is 0 Å². The Morgan fingerprint density at radius 2 is 1.75 bits per heavy atom. The van der Waals surface area contributed by atoms with Crippen LogP contribution in [0.15, 0.2) is 24.3 Å². The molecule has 0 bridgehead atoms. The number of likely N-dealkylation sites (tertiary alicyclic amines) is 1. The minimum atomic E-state index is -4.60. The predicted octanol–water partition coefficient (Wildman–Crippen LogP) is 4.06. The van der Waals surface area contributed by atoms with E-state index >= 15 is 0 Å². The van der Waals surface area contributed by atoms with Crippen molar-refractivity contribution in [3.05, 3.63) is 35.4 Å². The number of piperidine rings is 1. The fraction of sp³-hybridized carbons (Fsp3) is 0.524. The first kappa shape index (κ1) is 24.2. The minimum Gasteiger partial charge on any atom is -0.382 e. The Labute approximate surface area is 186 Å². The molecule has 0 amide bonds. The molecule has 2 aliphatic rings. The van der Waals surface area contributed by atoms with Crippen molar-refractivity contribution in [3.8, 4) is 11.3 Å². The van der Waals surface area contributed by atoms with Crippen molar-refractivity contribution in [2.45, 2.75) is 51.2 Å². The summed E-state index contributed by atoms with van der Waals surface area (Å²) >= 11 is 0. The van der Waals surface area contributed by atoms with E-state index in [9.17, 15) is 21.6 Å². The van der Waals surface area contributed by atoms with Crippen LogP contribution in [0.2, 0.25) is 0 Å². The fourth-order valence-corrected chi connectivity index (χ4v) is 4.27. The first-order valence-corrected chi connectivity index (χ1v) is 12.4. The van der Waals surface area contributed by atoms with Crippen molar-refractivity contribution in [2.75, 3.05) is 29.8 Å². The van der Waals surface area contributed by atoms with Crippen LogP contribution < -0.4 is 10.5 Å². The lowest BCUT2D eigenvalue weighted by Gasteiger charge is -2.25. The van der Waals surface area contributed by atoms with E-state index < -0.39 is 21.8 Å². The van der Waals surface area contributed by atoms with E-state index in [1.54, 1.807) is 6.92 Å². The summed E-state index contributed by atoms with van der Waals surface area (Å²) in [5.74, 6) is 0.149. The highest BCUT2D eigenvalue weighted by Gasteiger charge is 2.32. The number of hydrogen-bond donors (Lipinski definition) is 2. The second-order valence-electron chi connectivity index (χ2n) is 8.26. The average molecular weight is 472 g/mol. The molecular formula is C21H28F3N5O2S. The number of aromatic nitrogens is 2. The molecule has 176 valence electrons. The zero-order valence-corrected chi connectivity index (χ0v) is 18.9. The van der Waals surface area contributed by atoms with Gasteiger partial charge in [-0.25, -0.2) is 8.42 Å². The lowest BCUT2D eigenvalue weighted by molar-refractivity contribution is -0.137. The Morgan fingerprint density at radius 1 is 1.09 bits per heavy atom. The number of benzene rings is 1. The van der Waals surface area contributed by atoms with E-state index in [2.05, 4.69) is 19.8 Å². The quantitative estimate of drug-likeness (QED) is 0.698. The standard InChI is InChI=1S/C13H13F3N4O2S.C8H15N/c1-7-5-11(17)18-19-12(7)9-4-3-8(13(14,15)16)6-10(9)20-23(2,21)22;1-2-6-9(7-3-1)8-4-5-8/h3-6,20H,1-2H3,(H2,17,18);8H,1-7H2. The van der Waals surface area contributed by atoms with Gasteiger partial charge in [0.15, 0.2) is 0 Å². The van der Waals surface area contributed by atoms with E-state index in [1.807, 2.05) is 0 Å². The van der Waals surface area contributed by atoms with Gasteiger partial charge in [-0.05, 0) is 69.5 Å². The number of anilines is 2. The molecule has 1 saturated heterocycles. The van der Waals surface area contributed by atoms with Gasteiger partial charge < -0.3 is 10.6 Å². The first-order chi connectivity index (χ1) is 14.9. The zero-order chi connectivity index (χ0) is 23.5. The van der Waals surface area contributed by atoms with Crippen molar-refractivity contribution >= 4 is 21.5 Å². The molecule has 1 saturated carbocycles. The van der Waals surface area contributed by atoms with Gasteiger partial charge in [-0.1, -0.05) is 12.5 Å². The number of nitrogens with one attached hydrogen (secondary N) is 1. The second-order valence-corrected chi connectivity index (χ2v) is 10.0. The second kappa shape index (κ2) is 9.62. The molecule has 11 heteroatoms. The Balaban J connectivity index is 0.000000264. The molecule has 2 aromatic rings. The number of alkyl halides is 3. The van der Waals surface area contributed by atoms with Crippen molar-refractivity contribution in [1.29, 1.82) is 0 Å². The van der Waals surface area contributed by atoms with E-state index in [1.165, 1.54) is 51.3 Å². The Kier molecular flexibility index (Phi) is 7.29. The van der Waals surface area contributed by atoms with E-state index in [4.69, 9.17) is 5.73 Å². The van der Waals surface area contributed by atoms with E-state index in [-0.39, 0.29) is 22.8 Å². The molecule has 1 aliphatic heterocycles. The average Bonchev–Trinajstić information content (AvgIpc) is 3.53. The number of rotatable bonds is 4. The number of sulfonamides is 1. The molecule has 2 heterocycles. The summed E-state index contributed by atoms with van der Waals surface area (Å²) in [6.07, 6.45) is 3.60. The third kappa shape index (κ3) is 6.80. The minimum absolute atomic E-state index is 0.149. The molecule has 32 heavy (non-hydrogen) atoms. The lowest BCUT2D eigenvalue weighted by atomic mass is 10.0. The SMILES string of the molecule is C1CCN(C2CC2)CC1.Cc1cc(N)nnc1-c1ccc(C(F)(F)F)cc1NS(C)(=O)=O. The van der Waals surface area contributed by atoms with Crippen LogP contribution in [0, 0.1) is 6.92 Å². The smallest absolute Gasteiger partial charge is 0.382 e. The maximum atomic E-state index is 12.8. The number of halogens is 3. The highest BCUT2D eigenvalue weighted by Crippen LogP contribution is 2.36. The van der Waals surface area contributed by atoms with Crippen molar-refractivity contribution in [1.82, 2.24) is 15.1 Å². The van der Waals surface area contributed by atoms with E-state index in [0.717, 1.165) is 24.4 Å². The molecule has 0 radical (unpaired) electrons. The summed E-state index contributed by atoms with van der Waals surface area (Å²) in [6.45, 7) is 4.43. The lowest BCUT2D eigenvalue weighted by Crippen LogP contribution is -2.31. The highest BCUT2D eigenvalue weighted by molar-refractivity contribution is 7.92.